The van der Waals surface area contributed by atoms with E-state index < -0.39 is 10.0 Å². The highest BCUT2D eigenvalue weighted by Crippen LogP contribution is 2.16. The van der Waals surface area contributed by atoms with Crippen LogP contribution in [0.5, 0.6) is 0 Å². The van der Waals surface area contributed by atoms with Crippen molar-refractivity contribution in [1.82, 2.24) is 4.31 Å². The van der Waals surface area contributed by atoms with Gasteiger partial charge in [-0.05, 0) is 31.9 Å². The Kier molecular flexibility index (Phi) is 4.99. The van der Waals surface area contributed by atoms with Gasteiger partial charge in [-0.15, -0.1) is 6.58 Å². The Balaban J connectivity index is 2.93. The molecule has 0 aliphatic heterocycles. The molecule has 1 aromatic rings. The van der Waals surface area contributed by atoms with Crippen molar-refractivity contribution in [3.8, 4) is 12.5 Å². The molecule has 0 unspecified atom stereocenters. The van der Waals surface area contributed by atoms with Gasteiger partial charge in [-0.1, -0.05) is 30.2 Å². The van der Waals surface area contributed by atoms with Gasteiger partial charge in [-0.2, -0.15) is 0 Å². The van der Waals surface area contributed by atoms with E-state index in [1.165, 1.54) is 0 Å². The number of hydrogen-bond donors (Lipinski definition) is 0. The minimum atomic E-state index is -3.59. The van der Waals surface area contributed by atoms with Gasteiger partial charge in [0.25, 0.3) is 10.0 Å². The van der Waals surface area contributed by atoms with Gasteiger partial charge in [0.2, 0.25) is 0 Å². The summed E-state index contributed by atoms with van der Waals surface area (Å²) in [5.74, 6) is 0. The first kappa shape index (κ1) is 14.3. The third-order valence-electron chi connectivity index (χ3n) is 2.52. The lowest BCUT2D eigenvalue weighted by Gasteiger charge is -2.17. The first-order valence-electron chi connectivity index (χ1n) is 5.69. The van der Waals surface area contributed by atoms with Gasteiger partial charge in [0.1, 0.15) is 0 Å². The number of hydrogen-bond acceptors (Lipinski definition) is 2. The van der Waals surface area contributed by atoms with E-state index in [-0.39, 0.29) is 4.90 Å². The summed E-state index contributed by atoms with van der Waals surface area (Å²) in [6.07, 6.45) is 8.43. The van der Waals surface area contributed by atoms with Gasteiger partial charge in [0.05, 0.1) is 4.90 Å². The van der Waals surface area contributed by atoms with Crippen LogP contribution in [-0.2, 0) is 10.0 Å². The van der Waals surface area contributed by atoms with Crippen molar-refractivity contribution < 1.29 is 8.42 Å². The largest absolute Gasteiger partial charge is 0.270 e. The zero-order valence-electron chi connectivity index (χ0n) is 10.5. The first-order chi connectivity index (χ1) is 8.52. The number of terminal acetylenes is 1. The molecule has 18 heavy (non-hydrogen) atoms. The van der Waals surface area contributed by atoms with Gasteiger partial charge in [0, 0.05) is 12.6 Å². The molecule has 1 rings (SSSR count). The van der Waals surface area contributed by atoms with Gasteiger partial charge in [-0.3, -0.25) is 0 Å². The Bertz CT molecular complexity index is 538. The number of allylic oxidation sites excluding steroid dienone is 1. The molecule has 0 heterocycles. The fraction of sp³-hybridized carbons (Fsp3) is 0.286. The van der Waals surface area contributed by atoms with Crippen molar-refractivity contribution in [2.75, 3.05) is 6.54 Å². The van der Waals surface area contributed by atoms with E-state index in [2.05, 4.69) is 12.6 Å². The normalized spacial score (nSPS) is 10.7. The number of rotatable bonds is 6. The third kappa shape index (κ3) is 3.38. The smallest absolute Gasteiger partial charge is 0.225 e. The molecule has 4 heteroatoms. The maximum absolute atomic E-state index is 12.2. The molecule has 0 saturated heterocycles. The van der Waals surface area contributed by atoms with Crippen molar-refractivity contribution in [1.29, 1.82) is 0 Å². The molecule has 1 aromatic carbocycles. The third-order valence-corrected chi connectivity index (χ3v) is 4.26. The zero-order valence-corrected chi connectivity index (χ0v) is 11.3. The Morgan fingerprint density at radius 2 is 2.00 bits per heavy atom. The lowest BCUT2D eigenvalue weighted by molar-refractivity contribution is 0.503. The number of sulfonamides is 1. The molecule has 3 nitrogen and oxygen atoms in total. The Hall–Kier alpha value is -1.73. The van der Waals surface area contributed by atoms with Crippen LogP contribution in [0, 0.1) is 19.4 Å². The van der Waals surface area contributed by atoms with Crippen LogP contribution in [0.4, 0.5) is 0 Å². The molecular formula is C14H17NO2S. The molecule has 96 valence electrons. The van der Waals surface area contributed by atoms with Crippen LogP contribution in [-0.4, -0.2) is 19.3 Å². The zero-order chi connectivity index (χ0) is 13.6. The SMILES string of the molecule is C#CN(CCCC=C)S(=O)(=O)c1ccc(C)cc1. The van der Waals surface area contributed by atoms with Crippen LogP contribution in [0.3, 0.4) is 0 Å². The van der Waals surface area contributed by atoms with E-state index >= 15 is 0 Å². The van der Waals surface area contributed by atoms with Crippen LogP contribution < -0.4 is 0 Å². The molecule has 0 radical (unpaired) electrons. The van der Waals surface area contributed by atoms with E-state index in [1.54, 1.807) is 30.3 Å². The predicted octanol–water partition coefficient (Wildman–Crippen LogP) is 2.54. The fourth-order valence-corrected chi connectivity index (χ4v) is 2.71. The van der Waals surface area contributed by atoms with Gasteiger partial charge >= 0.3 is 0 Å². The van der Waals surface area contributed by atoms with Crippen molar-refractivity contribution in [3.05, 3.63) is 42.5 Å². The van der Waals surface area contributed by atoms with E-state index in [1.807, 2.05) is 6.92 Å². The maximum Gasteiger partial charge on any atom is 0.270 e. The van der Waals surface area contributed by atoms with E-state index in [4.69, 9.17) is 6.42 Å². The molecule has 0 atom stereocenters. The van der Waals surface area contributed by atoms with Crippen LogP contribution in [0.15, 0.2) is 41.8 Å². The monoisotopic (exact) mass is 263 g/mol. The van der Waals surface area contributed by atoms with Crippen molar-refractivity contribution in [2.45, 2.75) is 24.7 Å². The van der Waals surface area contributed by atoms with Gasteiger partial charge in [0.15, 0.2) is 0 Å². The maximum atomic E-state index is 12.2. The average molecular weight is 263 g/mol. The minimum Gasteiger partial charge on any atom is -0.225 e. The fourth-order valence-electron chi connectivity index (χ4n) is 1.47. The summed E-state index contributed by atoms with van der Waals surface area (Å²) < 4.78 is 25.5. The number of unbranched alkanes of at least 4 members (excludes halogenated alkanes) is 1. The second kappa shape index (κ2) is 6.27. The summed E-state index contributed by atoms with van der Waals surface area (Å²) in [5.41, 5.74) is 1.01. The lowest BCUT2D eigenvalue weighted by Crippen LogP contribution is -2.27. The summed E-state index contributed by atoms with van der Waals surface area (Å²) >= 11 is 0. The first-order valence-corrected chi connectivity index (χ1v) is 7.13. The molecule has 0 spiro atoms. The molecule has 0 aromatic heterocycles. The molecular weight excluding hydrogens is 246 g/mol. The second-order valence-electron chi connectivity index (χ2n) is 3.95. The highest BCUT2D eigenvalue weighted by molar-refractivity contribution is 7.89. The number of nitrogens with zero attached hydrogens (tertiary/aromatic N) is 1. The highest BCUT2D eigenvalue weighted by Gasteiger charge is 2.20. The molecule has 0 bridgehead atoms. The Morgan fingerprint density at radius 3 is 2.50 bits per heavy atom. The van der Waals surface area contributed by atoms with Crippen LogP contribution in [0.2, 0.25) is 0 Å². The molecule has 0 aliphatic carbocycles. The molecule has 0 fully saturated rings. The van der Waals surface area contributed by atoms with Crippen molar-refractivity contribution >= 4 is 10.0 Å². The second-order valence-corrected chi connectivity index (χ2v) is 5.81. The lowest BCUT2D eigenvalue weighted by atomic mass is 10.2. The topological polar surface area (TPSA) is 37.4 Å². The minimum absolute atomic E-state index is 0.227. The standard InChI is InChI=1S/C14H17NO2S/c1-4-6-7-12-15(5-2)18(16,17)14-10-8-13(3)9-11-14/h2,4,8-11H,1,6-7,12H2,3H3. The van der Waals surface area contributed by atoms with Crippen molar-refractivity contribution in [2.24, 2.45) is 0 Å². The van der Waals surface area contributed by atoms with Crippen LogP contribution in [0.25, 0.3) is 0 Å². The molecule has 0 saturated carbocycles. The molecule has 0 amide bonds. The van der Waals surface area contributed by atoms with Crippen LogP contribution >= 0.6 is 0 Å². The summed E-state index contributed by atoms with van der Waals surface area (Å²) in [6, 6.07) is 8.88. The number of aryl methyl sites for hydroxylation is 1. The summed E-state index contributed by atoms with van der Waals surface area (Å²) in [6.45, 7) is 5.80. The molecule has 0 N–H and O–H groups in total. The van der Waals surface area contributed by atoms with E-state index in [0.717, 1.165) is 16.3 Å². The van der Waals surface area contributed by atoms with Crippen molar-refractivity contribution in [3.63, 3.8) is 0 Å². The summed E-state index contributed by atoms with van der Waals surface area (Å²) in [5, 5.41) is 0. The number of benzene rings is 1. The summed E-state index contributed by atoms with van der Waals surface area (Å²) in [4.78, 5) is 0.227. The van der Waals surface area contributed by atoms with E-state index in [0.29, 0.717) is 13.0 Å². The van der Waals surface area contributed by atoms with Gasteiger partial charge in [-0.25, -0.2) is 12.7 Å². The average Bonchev–Trinajstić information content (AvgIpc) is 2.35. The van der Waals surface area contributed by atoms with E-state index in [9.17, 15) is 8.42 Å². The Labute approximate surface area is 109 Å². The Morgan fingerprint density at radius 1 is 1.39 bits per heavy atom. The van der Waals surface area contributed by atoms with Gasteiger partial charge < -0.3 is 0 Å². The predicted molar refractivity (Wildman–Crippen MR) is 73.3 cm³/mol. The highest BCUT2D eigenvalue weighted by atomic mass is 32.2. The molecule has 0 aliphatic rings. The summed E-state index contributed by atoms with van der Waals surface area (Å²) in [7, 11) is -3.59. The van der Waals surface area contributed by atoms with Crippen LogP contribution in [0.1, 0.15) is 18.4 Å². The quantitative estimate of drug-likeness (QED) is 0.342.